The summed E-state index contributed by atoms with van der Waals surface area (Å²) in [6, 6.07) is 3.72. The highest BCUT2D eigenvalue weighted by molar-refractivity contribution is 7.18. The van der Waals surface area contributed by atoms with Crippen molar-refractivity contribution in [2.24, 2.45) is 5.92 Å². The number of fused-ring (bicyclic) bond motifs is 1. The topological polar surface area (TPSA) is 95.6 Å². The lowest BCUT2D eigenvalue weighted by Gasteiger charge is -2.23. The molecule has 0 bridgehead atoms. The summed E-state index contributed by atoms with van der Waals surface area (Å²) < 4.78 is 6.14. The van der Waals surface area contributed by atoms with Gasteiger partial charge < -0.3 is 20.7 Å². The molecule has 1 saturated carbocycles. The molecule has 3 N–H and O–H groups in total. The van der Waals surface area contributed by atoms with E-state index in [4.69, 9.17) is 16.3 Å². The van der Waals surface area contributed by atoms with Crippen LogP contribution in [-0.4, -0.2) is 66.6 Å². The van der Waals surface area contributed by atoms with Gasteiger partial charge in [0.05, 0.1) is 32.8 Å². The molecule has 2 aromatic heterocycles. The van der Waals surface area contributed by atoms with Gasteiger partial charge in [-0.25, -0.2) is 4.98 Å². The summed E-state index contributed by atoms with van der Waals surface area (Å²) in [5.41, 5.74) is 0. The third-order valence-corrected chi connectivity index (χ3v) is 8.70. The van der Waals surface area contributed by atoms with Crippen LogP contribution >= 0.6 is 34.3 Å². The van der Waals surface area contributed by atoms with Crippen LogP contribution in [0.15, 0.2) is 12.1 Å². The highest BCUT2D eigenvalue weighted by Gasteiger charge is 2.35. The normalized spacial score (nSPS) is 24.8. The predicted molar refractivity (Wildman–Crippen MR) is 132 cm³/mol. The Hall–Kier alpha value is -1.72. The maximum atomic E-state index is 12.7. The number of nitrogens with one attached hydrogen (secondary N) is 3. The molecule has 1 aliphatic carbocycles. The number of nitrogens with zero attached hydrogens (tertiary/aromatic N) is 2. The number of hydrogen-bond acceptors (Lipinski definition) is 8. The van der Waals surface area contributed by atoms with Gasteiger partial charge in [0.25, 0.3) is 5.91 Å². The molecule has 11 heteroatoms. The molecule has 5 rings (SSSR count). The summed E-state index contributed by atoms with van der Waals surface area (Å²) >= 11 is 8.74. The maximum Gasteiger partial charge on any atom is 0.261 e. The second kappa shape index (κ2) is 9.87. The van der Waals surface area contributed by atoms with Crippen LogP contribution in [0.3, 0.4) is 0 Å². The molecule has 2 amide bonds. The standard InChI is InChI=1S/C22H28ClN5O3S2/c1-31-15-10-28(9-14(15)25-21(30)17-6-7-18(23)32-17)11-19(29)26-22-27-20-16(33-22)5-4-13(24-20)8-12-2-3-12/h6-7,12-15,24H,2-5,8-11H2,1H3,(H,25,30)(H,26,27,29)/t13?,14-,15-/m0/s1. The van der Waals surface area contributed by atoms with Gasteiger partial charge in [-0.2, -0.15) is 0 Å². The third-order valence-electron chi connectivity index (χ3n) is 6.44. The molecule has 0 radical (unpaired) electrons. The Bertz CT molecular complexity index is 1020. The van der Waals surface area contributed by atoms with E-state index in [0.29, 0.717) is 33.5 Å². The van der Waals surface area contributed by atoms with Crippen molar-refractivity contribution < 1.29 is 14.3 Å². The Morgan fingerprint density at radius 3 is 2.85 bits per heavy atom. The summed E-state index contributed by atoms with van der Waals surface area (Å²) in [6.07, 6.45) is 5.91. The van der Waals surface area contributed by atoms with Crippen LogP contribution in [0.25, 0.3) is 0 Å². The molecule has 1 saturated heterocycles. The van der Waals surface area contributed by atoms with E-state index in [2.05, 4.69) is 20.9 Å². The fourth-order valence-electron chi connectivity index (χ4n) is 4.59. The molecule has 1 unspecified atom stereocenters. The number of aromatic nitrogens is 1. The summed E-state index contributed by atoms with van der Waals surface area (Å²) in [4.78, 5) is 33.6. The Morgan fingerprint density at radius 1 is 1.27 bits per heavy atom. The number of carbonyl (C=O) groups excluding carboxylic acids is 2. The molecule has 0 spiro atoms. The molecule has 3 aliphatic rings. The molecule has 3 atom stereocenters. The summed E-state index contributed by atoms with van der Waals surface area (Å²) in [5, 5.41) is 10.2. The van der Waals surface area contributed by atoms with Crippen LogP contribution in [0.2, 0.25) is 4.34 Å². The molecule has 2 fully saturated rings. The third kappa shape index (κ3) is 5.68. The highest BCUT2D eigenvalue weighted by Crippen LogP contribution is 2.39. The average molecular weight is 510 g/mol. The highest BCUT2D eigenvalue weighted by atomic mass is 35.5. The Morgan fingerprint density at radius 2 is 2.12 bits per heavy atom. The van der Waals surface area contributed by atoms with Gasteiger partial charge in [0, 0.05) is 26.2 Å². The van der Waals surface area contributed by atoms with Crippen LogP contribution in [-0.2, 0) is 16.0 Å². The zero-order valence-corrected chi connectivity index (χ0v) is 20.8. The van der Waals surface area contributed by atoms with Gasteiger partial charge >= 0.3 is 0 Å². The predicted octanol–water partition coefficient (Wildman–Crippen LogP) is 3.45. The molecule has 2 aromatic rings. The molecular weight excluding hydrogens is 482 g/mol. The number of rotatable bonds is 8. The molecular formula is C22H28ClN5O3S2. The number of halogens is 1. The van der Waals surface area contributed by atoms with Crippen molar-refractivity contribution in [2.45, 2.75) is 50.3 Å². The molecule has 2 aliphatic heterocycles. The number of amides is 2. The van der Waals surface area contributed by atoms with E-state index < -0.39 is 0 Å². The van der Waals surface area contributed by atoms with Crippen molar-refractivity contribution >= 4 is 57.0 Å². The second-order valence-electron chi connectivity index (χ2n) is 9.05. The number of anilines is 2. The van der Waals surface area contributed by atoms with Gasteiger partial charge in [-0.05, 0) is 37.3 Å². The van der Waals surface area contributed by atoms with Crippen molar-refractivity contribution in [3.8, 4) is 0 Å². The van der Waals surface area contributed by atoms with Crippen molar-refractivity contribution in [3.05, 3.63) is 26.2 Å². The number of hydrogen-bond donors (Lipinski definition) is 3. The minimum absolute atomic E-state index is 0.109. The van der Waals surface area contributed by atoms with Crippen LogP contribution < -0.4 is 16.0 Å². The van der Waals surface area contributed by atoms with Gasteiger partial charge in [-0.3, -0.25) is 14.5 Å². The van der Waals surface area contributed by atoms with Gasteiger partial charge in [-0.1, -0.05) is 35.8 Å². The van der Waals surface area contributed by atoms with Gasteiger partial charge in [0.2, 0.25) is 5.91 Å². The van der Waals surface area contributed by atoms with Gasteiger partial charge in [0.1, 0.15) is 5.82 Å². The fourth-order valence-corrected chi connectivity index (χ4v) is 6.49. The van der Waals surface area contributed by atoms with Gasteiger partial charge in [-0.15, -0.1) is 11.3 Å². The summed E-state index contributed by atoms with van der Waals surface area (Å²) in [7, 11) is 1.62. The lowest BCUT2D eigenvalue weighted by molar-refractivity contribution is -0.117. The van der Waals surface area contributed by atoms with Crippen molar-refractivity contribution in [2.75, 3.05) is 37.4 Å². The van der Waals surface area contributed by atoms with Crippen molar-refractivity contribution in [3.63, 3.8) is 0 Å². The van der Waals surface area contributed by atoms with Crippen LogP contribution in [0.5, 0.6) is 0 Å². The molecule has 33 heavy (non-hydrogen) atoms. The monoisotopic (exact) mass is 509 g/mol. The van der Waals surface area contributed by atoms with E-state index in [1.807, 2.05) is 4.90 Å². The Kier molecular flexibility index (Phi) is 6.89. The molecule has 8 nitrogen and oxygen atoms in total. The number of aryl methyl sites for hydroxylation is 1. The van der Waals surface area contributed by atoms with E-state index in [-0.39, 0.29) is 30.5 Å². The van der Waals surface area contributed by atoms with E-state index >= 15 is 0 Å². The first-order chi connectivity index (χ1) is 16.0. The fraction of sp³-hybridized carbons (Fsp3) is 0.591. The average Bonchev–Trinajstić information content (AvgIpc) is 3.16. The van der Waals surface area contributed by atoms with Crippen LogP contribution in [0, 0.1) is 5.92 Å². The zero-order chi connectivity index (χ0) is 22.9. The van der Waals surface area contributed by atoms with Crippen molar-refractivity contribution in [1.82, 2.24) is 15.2 Å². The molecule has 178 valence electrons. The van der Waals surface area contributed by atoms with E-state index in [1.54, 1.807) is 30.6 Å². The second-order valence-corrected chi connectivity index (χ2v) is 11.8. The number of thiazole rings is 1. The Balaban J connectivity index is 1.13. The summed E-state index contributed by atoms with van der Waals surface area (Å²) in [6.45, 7) is 1.33. The van der Waals surface area contributed by atoms with Crippen LogP contribution in [0.1, 0.15) is 40.2 Å². The van der Waals surface area contributed by atoms with Crippen LogP contribution in [0.4, 0.5) is 10.9 Å². The van der Waals surface area contributed by atoms with Crippen molar-refractivity contribution in [1.29, 1.82) is 0 Å². The number of carbonyl (C=O) groups is 2. The quantitative estimate of drug-likeness (QED) is 0.504. The smallest absolute Gasteiger partial charge is 0.261 e. The lowest BCUT2D eigenvalue weighted by atomic mass is 10.0. The maximum absolute atomic E-state index is 12.7. The number of methoxy groups -OCH3 is 1. The minimum atomic E-state index is -0.198. The Labute approximate surface area is 206 Å². The molecule has 4 heterocycles. The number of likely N-dealkylation sites (tertiary alicyclic amines) is 1. The van der Waals surface area contributed by atoms with E-state index in [0.717, 1.165) is 24.6 Å². The SMILES string of the molecule is CO[C@H]1CN(CC(=O)Nc2nc3c(s2)CCC(CC2CC2)N3)C[C@@H]1NC(=O)c1ccc(Cl)s1. The van der Waals surface area contributed by atoms with E-state index in [9.17, 15) is 9.59 Å². The zero-order valence-electron chi connectivity index (χ0n) is 18.4. The number of ether oxygens (including phenoxy) is 1. The van der Waals surface area contributed by atoms with Gasteiger partial charge in [0.15, 0.2) is 5.13 Å². The first kappa shape index (κ1) is 23.0. The van der Waals surface area contributed by atoms with E-state index in [1.165, 1.54) is 35.5 Å². The summed E-state index contributed by atoms with van der Waals surface area (Å²) in [5.74, 6) is 1.54. The molecule has 0 aromatic carbocycles. The lowest BCUT2D eigenvalue weighted by Crippen LogP contribution is -2.43. The first-order valence-corrected chi connectivity index (χ1v) is 13.4. The number of thiophene rings is 1. The largest absolute Gasteiger partial charge is 0.378 e. The first-order valence-electron chi connectivity index (χ1n) is 11.3. The minimum Gasteiger partial charge on any atom is -0.378 e.